The number of anilines is 2. The number of benzene rings is 1. The van der Waals surface area contributed by atoms with Gasteiger partial charge >= 0.3 is 0 Å². The topological polar surface area (TPSA) is 90.3 Å². The van der Waals surface area contributed by atoms with E-state index in [9.17, 15) is 0 Å². The standard InChI is InChI=1S/C18H24ClN5O/c1-11-6-15(19)13(9-20)8-14(11)16-10-25-5-3-4-24(16)17-7-12(2)22-18(21)23-17/h6-8,16H,3-5,9-10,20H2,1-2H3,(H2,21,22,23)/t16-/m1/s1. The molecule has 134 valence electrons. The molecule has 1 aliphatic rings. The molecule has 6 nitrogen and oxygen atoms in total. The Bertz CT molecular complexity index is 747. The van der Waals surface area contributed by atoms with Gasteiger partial charge < -0.3 is 21.1 Å². The highest BCUT2D eigenvalue weighted by molar-refractivity contribution is 6.31. The van der Waals surface area contributed by atoms with Gasteiger partial charge in [0.25, 0.3) is 0 Å². The van der Waals surface area contributed by atoms with Gasteiger partial charge in [-0.1, -0.05) is 17.7 Å². The van der Waals surface area contributed by atoms with Crippen LogP contribution in [0.5, 0.6) is 0 Å². The highest BCUT2D eigenvalue weighted by Gasteiger charge is 2.27. The Morgan fingerprint density at radius 1 is 1.28 bits per heavy atom. The van der Waals surface area contributed by atoms with Crippen molar-refractivity contribution in [2.24, 2.45) is 5.73 Å². The predicted molar refractivity (Wildman–Crippen MR) is 101 cm³/mol. The zero-order valence-corrected chi connectivity index (χ0v) is 15.4. The van der Waals surface area contributed by atoms with Gasteiger partial charge in [-0.3, -0.25) is 0 Å². The lowest BCUT2D eigenvalue weighted by Crippen LogP contribution is -2.32. The van der Waals surface area contributed by atoms with Crippen molar-refractivity contribution in [1.82, 2.24) is 9.97 Å². The highest BCUT2D eigenvalue weighted by Crippen LogP contribution is 2.33. The van der Waals surface area contributed by atoms with Gasteiger partial charge in [0, 0.05) is 36.5 Å². The minimum atomic E-state index is 0.0266. The third kappa shape index (κ3) is 3.86. The van der Waals surface area contributed by atoms with Crippen LogP contribution >= 0.6 is 11.6 Å². The lowest BCUT2D eigenvalue weighted by molar-refractivity contribution is 0.134. The van der Waals surface area contributed by atoms with Gasteiger partial charge in [-0.15, -0.1) is 0 Å². The first-order chi connectivity index (χ1) is 12.0. The van der Waals surface area contributed by atoms with Crippen molar-refractivity contribution < 1.29 is 4.74 Å². The first-order valence-electron chi connectivity index (χ1n) is 8.44. The van der Waals surface area contributed by atoms with Gasteiger partial charge in [0.05, 0.1) is 12.6 Å². The maximum absolute atomic E-state index is 6.31. The number of nitrogens with zero attached hydrogens (tertiary/aromatic N) is 3. The second kappa shape index (κ2) is 7.56. The molecular weight excluding hydrogens is 338 g/mol. The summed E-state index contributed by atoms with van der Waals surface area (Å²) in [5, 5.41) is 0.701. The molecule has 0 amide bonds. The van der Waals surface area contributed by atoms with Crippen molar-refractivity contribution in [1.29, 1.82) is 0 Å². The highest BCUT2D eigenvalue weighted by atomic mass is 35.5. The van der Waals surface area contributed by atoms with Crippen molar-refractivity contribution >= 4 is 23.4 Å². The molecule has 1 aromatic carbocycles. The summed E-state index contributed by atoms with van der Waals surface area (Å²) in [6.45, 7) is 6.52. The van der Waals surface area contributed by atoms with Crippen LogP contribution < -0.4 is 16.4 Å². The summed E-state index contributed by atoms with van der Waals surface area (Å²) < 4.78 is 5.85. The third-order valence-electron chi connectivity index (χ3n) is 4.51. The first-order valence-corrected chi connectivity index (χ1v) is 8.82. The van der Waals surface area contributed by atoms with Crippen molar-refractivity contribution in [2.45, 2.75) is 32.9 Å². The Balaban J connectivity index is 2.07. The van der Waals surface area contributed by atoms with Gasteiger partial charge in [-0.05, 0) is 43.0 Å². The van der Waals surface area contributed by atoms with E-state index in [1.807, 2.05) is 19.1 Å². The van der Waals surface area contributed by atoms with Crippen LogP contribution in [0.25, 0.3) is 0 Å². The smallest absolute Gasteiger partial charge is 0.222 e. The number of aromatic nitrogens is 2. The normalized spacial score (nSPS) is 18.2. The van der Waals surface area contributed by atoms with Crippen LogP contribution in [0.4, 0.5) is 11.8 Å². The molecule has 4 N–H and O–H groups in total. The van der Waals surface area contributed by atoms with E-state index in [2.05, 4.69) is 27.9 Å². The summed E-state index contributed by atoms with van der Waals surface area (Å²) in [6.07, 6.45) is 0.926. The summed E-state index contributed by atoms with van der Waals surface area (Å²) in [4.78, 5) is 10.9. The monoisotopic (exact) mass is 361 g/mol. The Morgan fingerprint density at radius 2 is 2.08 bits per heavy atom. The Morgan fingerprint density at radius 3 is 2.80 bits per heavy atom. The van der Waals surface area contributed by atoms with Gasteiger partial charge in [0.2, 0.25) is 5.95 Å². The summed E-state index contributed by atoms with van der Waals surface area (Å²) in [5.74, 6) is 1.11. The second-order valence-electron chi connectivity index (χ2n) is 6.37. The number of rotatable bonds is 3. The molecule has 7 heteroatoms. The zero-order valence-electron chi connectivity index (χ0n) is 14.6. The molecule has 0 saturated carbocycles. The Kier molecular flexibility index (Phi) is 5.42. The van der Waals surface area contributed by atoms with Gasteiger partial charge in [-0.2, -0.15) is 4.98 Å². The van der Waals surface area contributed by atoms with Crippen LogP contribution in [0, 0.1) is 13.8 Å². The largest absolute Gasteiger partial charge is 0.379 e. The van der Waals surface area contributed by atoms with E-state index in [0.29, 0.717) is 18.2 Å². The zero-order chi connectivity index (χ0) is 18.0. The summed E-state index contributed by atoms with van der Waals surface area (Å²) >= 11 is 6.31. The molecule has 1 aliphatic heterocycles. The molecule has 0 aliphatic carbocycles. The van der Waals surface area contributed by atoms with Crippen molar-refractivity contribution in [3.05, 3.63) is 45.6 Å². The van der Waals surface area contributed by atoms with Crippen LogP contribution in [0.1, 0.15) is 34.8 Å². The number of ether oxygens (including phenoxy) is 1. The molecule has 1 atom stereocenters. The fraction of sp³-hybridized carbons (Fsp3) is 0.444. The van der Waals surface area contributed by atoms with E-state index in [1.165, 1.54) is 0 Å². The number of hydrogen-bond donors (Lipinski definition) is 2. The lowest BCUT2D eigenvalue weighted by Gasteiger charge is -2.32. The maximum Gasteiger partial charge on any atom is 0.222 e. The summed E-state index contributed by atoms with van der Waals surface area (Å²) in [6, 6.07) is 6.05. The molecule has 25 heavy (non-hydrogen) atoms. The molecule has 2 aromatic rings. The fourth-order valence-electron chi connectivity index (χ4n) is 3.28. The summed E-state index contributed by atoms with van der Waals surface area (Å²) in [7, 11) is 0. The minimum Gasteiger partial charge on any atom is -0.379 e. The lowest BCUT2D eigenvalue weighted by atomic mass is 9.97. The van der Waals surface area contributed by atoms with Gasteiger partial charge in [-0.25, -0.2) is 4.98 Å². The SMILES string of the molecule is Cc1cc(N2CCCOC[C@@H]2c2cc(CN)c(Cl)cc2C)nc(N)n1. The molecule has 0 bridgehead atoms. The van der Waals surface area contributed by atoms with E-state index in [-0.39, 0.29) is 12.0 Å². The molecule has 1 fully saturated rings. The molecule has 0 radical (unpaired) electrons. The number of hydrogen-bond acceptors (Lipinski definition) is 6. The molecule has 2 heterocycles. The summed E-state index contributed by atoms with van der Waals surface area (Å²) in [5.41, 5.74) is 15.8. The molecule has 0 spiro atoms. The van der Waals surface area contributed by atoms with E-state index >= 15 is 0 Å². The molecule has 1 saturated heterocycles. The first kappa shape index (κ1) is 17.9. The average molecular weight is 362 g/mol. The van der Waals surface area contributed by atoms with Gasteiger partial charge in [0.15, 0.2) is 0 Å². The van der Waals surface area contributed by atoms with Crippen LogP contribution in [0.3, 0.4) is 0 Å². The minimum absolute atomic E-state index is 0.0266. The Hall–Kier alpha value is -1.89. The average Bonchev–Trinajstić information content (AvgIpc) is 2.80. The van der Waals surface area contributed by atoms with Crippen LogP contribution in [-0.4, -0.2) is 29.7 Å². The number of nitrogen functional groups attached to an aromatic ring is 1. The quantitative estimate of drug-likeness (QED) is 0.873. The van der Waals surface area contributed by atoms with E-state index < -0.39 is 0 Å². The van der Waals surface area contributed by atoms with Crippen molar-refractivity contribution in [3.8, 4) is 0 Å². The van der Waals surface area contributed by atoms with Crippen LogP contribution in [-0.2, 0) is 11.3 Å². The molecule has 0 unspecified atom stereocenters. The molecular formula is C18H24ClN5O. The third-order valence-corrected chi connectivity index (χ3v) is 4.86. The van der Waals surface area contributed by atoms with Crippen LogP contribution in [0.2, 0.25) is 5.02 Å². The Labute approximate surface area is 153 Å². The number of nitrogens with two attached hydrogens (primary N) is 2. The second-order valence-corrected chi connectivity index (χ2v) is 6.77. The molecule has 3 rings (SSSR count). The number of aryl methyl sites for hydroxylation is 2. The van der Waals surface area contributed by atoms with Gasteiger partial charge in [0.1, 0.15) is 5.82 Å². The maximum atomic E-state index is 6.31. The van der Waals surface area contributed by atoms with Crippen molar-refractivity contribution in [3.63, 3.8) is 0 Å². The predicted octanol–water partition coefficient (Wildman–Crippen LogP) is 2.76. The van der Waals surface area contributed by atoms with E-state index in [0.717, 1.165) is 47.8 Å². The number of halogens is 1. The fourth-order valence-corrected chi connectivity index (χ4v) is 3.58. The van der Waals surface area contributed by atoms with Crippen molar-refractivity contribution in [2.75, 3.05) is 30.4 Å². The van der Waals surface area contributed by atoms with E-state index in [1.54, 1.807) is 0 Å². The van der Waals surface area contributed by atoms with Crippen LogP contribution in [0.15, 0.2) is 18.2 Å². The molecule has 1 aromatic heterocycles. The van der Waals surface area contributed by atoms with E-state index in [4.69, 9.17) is 27.8 Å².